The maximum Gasteiger partial charge on any atom is 0.254 e. The highest BCUT2D eigenvalue weighted by molar-refractivity contribution is 5.94. The van der Waals surface area contributed by atoms with Crippen LogP contribution in [0.5, 0.6) is 0 Å². The van der Waals surface area contributed by atoms with Crippen LogP contribution in [0, 0.1) is 5.92 Å². The van der Waals surface area contributed by atoms with Crippen molar-refractivity contribution in [3.05, 3.63) is 30.1 Å². The molecule has 2 atom stereocenters. The van der Waals surface area contributed by atoms with E-state index in [4.69, 9.17) is 5.73 Å². The zero-order chi connectivity index (χ0) is 12.3. The van der Waals surface area contributed by atoms with E-state index in [0.717, 1.165) is 19.4 Å². The molecule has 0 aliphatic carbocycles. The Morgan fingerprint density at radius 2 is 2.24 bits per heavy atom. The summed E-state index contributed by atoms with van der Waals surface area (Å²) in [4.78, 5) is 18.2. The van der Waals surface area contributed by atoms with Crippen molar-refractivity contribution >= 4 is 5.91 Å². The summed E-state index contributed by atoms with van der Waals surface area (Å²) >= 11 is 0. The van der Waals surface area contributed by atoms with Crippen LogP contribution in [0.3, 0.4) is 0 Å². The predicted molar refractivity (Wildman–Crippen MR) is 66.5 cm³/mol. The first kappa shape index (κ1) is 12.0. The average molecular weight is 233 g/mol. The maximum atomic E-state index is 12.4. The number of aromatic nitrogens is 1. The van der Waals surface area contributed by atoms with Gasteiger partial charge in [0.1, 0.15) is 0 Å². The molecule has 0 saturated carbocycles. The zero-order valence-corrected chi connectivity index (χ0v) is 10.2. The second-order valence-electron chi connectivity index (χ2n) is 4.66. The number of hydrogen-bond acceptors (Lipinski definition) is 3. The number of nitrogens with two attached hydrogens (primary N) is 1. The molecule has 0 unspecified atom stereocenters. The lowest BCUT2D eigenvalue weighted by molar-refractivity contribution is 0.0532. The highest BCUT2D eigenvalue weighted by Gasteiger charge is 2.31. The number of likely N-dealkylation sites (tertiary alicyclic amines) is 1. The van der Waals surface area contributed by atoms with Gasteiger partial charge in [-0.15, -0.1) is 0 Å². The predicted octanol–water partition coefficient (Wildman–Crippen LogP) is 1.28. The second-order valence-corrected chi connectivity index (χ2v) is 4.66. The SMILES string of the molecule is C[C@@H]1CCCN(C(=O)c2ccncc2)[C@@H]1CN. The number of carbonyl (C=O) groups is 1. The van der Waals surface area contributed by atoms with Gasteiger partial charge in [-0.1, -0.05) is 6.92 Å². The van der Waals surface area contributed by atoms with Crippen LogP contribution < -0.4 is 5.73 Å². The molecule has 1 aromatic heterocycles. The molecular formula is C13H19N3O. The van der Waals surface area contributed by atoms with Crippen molar-refractivity contribution in [2.45, 2.75) is 25.8 Å². The Labute approximate surface area is 102 Å². The Kier molecular flexibility index (Phi) is 3.74. The van der Waals surface area contributed by atoms with E-state index in [0.29, 0.717) is 18.0 Å². The van der Waals surface area contributed by atoms with Crippen LogP contribution in [0.2, 0.25) is 0 Å². The summed E-state index contributed by atoms with van der Waals surface area (Å²) in [6, 6.07) is 3.69. The molecule has 0 aromatic carbocycles. The summed E-state index contributed by atoms with van der Waals surface area (Å²) in [5, 5.41) is 0. The van der Waals surface area contributed by atoms with Crippen LogP contribution in [-0.2, 0) is 0 Å². The average Bonchev–Trinajstić information content (AvgIpc) is 2.38. The van der Waals surface area contributed by atoms with Gasteiger partial charge in [-0.25, -0.2) is 0 Å². The van der Waals surface area contributed by atoms with E-state index in [1.165, 1.54) is 0 Å². The van der Waals surface area contributed by atoms with Crippen molar-refractivity contribution in [3.63, 3.8) is 0 Å². The Morgan fingerprint density at radius 3 is 2.88 bits per heavy atom. The highest BCUT2D eigenvalue weighted by atomic mass is 16.2. The van der Waals surface area contributed by atoms with Gasteiger partial charge in [0.05, 0.1) is 0 Å². The van der Waals surface area contributed by atoms with Gasteiger partial charge in [-0.05, 0) is 30.9 Å². The van der Waals surface area contributed by atoms with Crippen molar-refractivity contribution < 1.29 is 4.79 Å². The van der Waals surface area contributed by atoms with Crippen molar-refractivity contribution in [1.29, 1.82) is 0 Å². The number of piperidine rings is 1. The number of carbonyl (C=O) groups excluding carboxylic acids is 1. The molecule has 1 aromatic rings. The summed E-state index contributed by atoms with van der Waals surface area (Å²) in [5.74, 6) is 0.564. The molecule has 1 amide bonds. The zero-order valence-electron chi connectivity index (χ0n) is 10.2. The van der Waals surface area contributed by atoms with E-state index < -0.39 is 0 Å². The fourth-order valence-corrected chi connectivity index (χ4v) is 2.52. The van der Waals surface area contributed by atoms with Crippen molar-refractivity contribution in [1.82, 2.24) is 9.88 Å². The van der Waals surface area contributed by atoms with Gasteiger partial charge >= 0.3 is 0 Å². The normalized spacial score (nSPS) is 24.7. The maximum absolute atomic E-state index is 12.4. The molecule has 17 heavy (non-hydrogen) atoms. The number of pyridine rings is 1. The molecule has 2 rings (SSSR count). The molecule has 92 valence electrons. The molecule has 4 heteroatoms. The number of hydrogen-bond donors (Lipinski definition) is 1. The smallest absolute Gasteiger partial charge is 0.254 e. The first-order chi connectivity index (χ1) is 8.24. The Balaban J connectivity index is 2.18. The third kappa shape index (κ3) is 2.47. The summed E-state index contributed by atoms with van der Waals surface area (Å²) in [5.41, 5.74) is 6.50. The Morgan fingerprint density at radius 1 is 1.53 bits per heavy atom. The Bertz CT molecular complexity index is 380. The molecule has 1 aliphatic rings. The van der Waals surface area contributed by atoms with E-state index in [1.807, 2.05) is 4.90 Å². The first-order valence-corrected chi connectivity index (χ1v) is 6.15. The van der Waals surface area contributed by atoms with Crippen LogP contribution in [0.25, 0.3) is 0 Å². The largest absolute Gasteiger partial charge is 0.334 e. The quantitative estimate of drug-likeness (QED) is 0.837. The summed E-state index contributed by atoms with van der Waals surface area (Å²) in [7, 11) is 0. The van der Waals surface area contributed by atoms with Crippen LogP contribution in [0.15, 0.2) is 24.5 Å². The first-order valence-electron chi connectivity index (χ1n) is 6.15. The number of amides is 1. The third-order valence-corrected chi connectivity index (χ3v) is 3.55. The molecule has 2 heterocycles. The lowest BCUT2D eigenvalue weighted by Crippen LogP contribution is -2.51. The van der Waals surface area contributed by atoms with Gasteiger partial charge in [0.25, 0.3) is 5.91 Å². The topological polar surface area (TPSA) is 59.2 Å². The number of rotatable bonds is 2. The van der Waals surface area contributed by atoms with Crippen LogP contribution in [0.1, 0.15) is 30.1 Å². The van der Waals surface area contributed by atoms with Crippen molar-refractivity contribution in [2.75, 3.05) is 13.1 Å². The van der Waals surface area contributed by atoms with Gasteiger partial charge in [0.2, 0.25) is 0 Å². The molecule has 4 nitrogen and oxygen atoms in total. The molecule has 1 aliphatic heterocycles. The summed E-state index contributed by atoms with van der Waals surface area (Å²) < 4.78 is 0. The molecular weight excluding hydrogens is 214 g/mol. The summed E-state index contributed by atoms with van der Waals surface area (Å²) in [6.07, 6.45) is 5.52. The van der Waals surface area contributed by atoms with E-state index >= 15 is 0 Å². The molecule has 1 fully saturated rings. The van der Waals surface area contributed by atoms with Gasteiger partial charge in [-0.2, -0.15) is 0 Å². The minimum atomic E-state index is 0.0781. The molecule has 0 spiro atoms. The van der Waals surface area contributed by atoms with Gasteiger partial charge in [-0.3, -0.25) is 9.78 Å². The number of nitrogens with zero attached hydrogens (tertiary/aromatic N) is 2. The van der Waals surface area contributed by atoms with Crippen LogP contribution in [0.4, 0.5) is 0 Å². The monoisotopic (exact) mass is 233 g/mol. The third-order valence-electron chi connectivity index (χ3n) is 3.55. The van der Waals surface area contributed by atoms with E-state index in [-0.39, 0.29) is 11.9 Å². The lowest BCUT2D eigenvalue weighted by atomic mass is 9.90. The standard InChI is InChI=1S/C13H19N3O/c1-10-3-2-8-16(12(10)9-14)13(17)11-4-6-15-7-5-11/h4-7,10,12H,2-3,8-9,14H2,1H3/t10-,12-/m1/s1. The molecule has 0 bridgehead atoms. The fraction of sp³-hybridized carbons (Fsp3) is 0.538. The fourth-order valence-electron chi connectivity index (χ4n) is 2.52. The lowest BCUT2D eigenvalue weighted by Gasteiger charge is -2.39. The van der Waals surface area contributed by atoms with E-state index in [1.54, 1.807) is 24.5 Å². The van der Waals surface area contributed by atoms with Crippen molar-refractivity contribution in [2.24, 2.45) is 11.7 Å². The van der Waals surface area contributed by atoms with Crippen LogP contribution >= 0.6 is 0 Å². The molecule has 2 N–H and O–H groups in total. The Hall–Kier alpha value is -1.42. The van der Waals surface area contributed by atoms with Gasteiger partial charge in [0, 0.05) is 37.1 Å². The van der Waals surface area contributed by atoms with Crippen molar-refractivity contribution in [3.8, 4) is 0 Å². The summed E-state index contributed by atoms with van der Waals surface area (Å²) in [6.45, 7) is 3.52. The van der Waals surface area contributed by atoms with E-state index in [2.05, 4.69) is 11.9 Å². The molecule has 1 saturated heterocycles. The van der Waals surface area contributed by atoms with E-state index in [9.17, 15) is 4.79 Å². The molecule has 0 radical (unpaired) electrons. The van der Waals surface area contributed by atoms with Gasteiger partial charge in [0.15, 0.2) is 0 Å². The highest BCUT2D eigenvalue weighted by Crippen LogP contribution is 2.24. The van der Waals surface area contributed by atoms with Crippen LogP contribution in [-0.4, -0.2) is 34.9 Å². The second kappa shape index (κ2) is 5.27. The minimum Gasteiger partial charge on any atom is -0.334 e. The minimum absolute atomic E-state index is 0.0781. The van der Waals surface area contributed by atoms with Gasteiger partial charge < -0.3 is 10.6 Å².